The summed E-state index contributed by atoms with van der Waals surface area (Å²) in [7, 11) is 0. The van der Waals surface area contributed by atoms with Gasteiger partial charge in [-0.25, -0.2) is 9.07 Å². The minimum absolute atomic E-state index is 0.233. The number of hydrogen-bond donors (Lipinski definition) is 0. The third-order valence-corrected chi connectivity index (χ3v) is 3.02. The van der Waals surface area contributed by atoms with Gasteiger partial charge >= 0.3 is 0 Å². The summed E-state index contributed by atoms with van der Waals surface area (Å²) in [6.07, 6.45) is 0. The Labute approximate surface area is 111 Å². The largest absolute Gasteiger partial charge is 0.244 e. The first-order chi connectivity index (χ1) is 8.61. The summed E-state index contributed by atoms with van der Waals surface area (Å²) >= 11 is 5.85. The Hall–Kier alpha value is -1.42. The molecule has 96 valence electrons. The molecule has 0 N–H and O–H groups in total. The van der Waals surface area contributed by atoms with Gasteiger partial charge in [-0.2, -0.15) is 0 Å². The summed E-state index contributed by atoms with van der Waals surface area (Å²) in [5, 5.41) is 8.19. The molecule has 0 amide bonds. The molecule has 0 unspecified atom stereocenters. The van der Waals surface area contributed by atoms with Gasteiger partial charge in [0.2, 0.25) is 0 Å². The zero-order chi connectivity index (χ0) is 13.1. The van der Waals surface area contributed by atoms with Crippen molar-refractivity contribution in [1.29, 1.82) is 0 Å². The molecule has 2 rings (SSSR count). The van der Waals surface area contributed by atoms with Crippen molar-refractivity contribution in [3.05, 3.63) is 47.0 Å². The van der Waals surface area contributed by atoms with E-state index in [1.165, 1.54) is 12.1 Å². The number of nitrogens with zero attached hydrogens (tertiary/aromatic N) is 3. The summed E-state index contributed by atoms with van der Waals surface area (Å²) in [4.78, 5) is 0. The van der Waals surface area contributed by atoms with Crippen LogP contribution in [0.15, 0.2) is 24.3 Å². The second-order valence-corrected chi connectivity index (χ2v) is 4.76. The van der Waals surface area contributed by atoms with E-state index in [2.05, 4.69) is 24.2 Å². The van der Waals surface area contributed by atoms with Crippen LogP contribution in [0.4, 0.5) is 4.39 Å². The molecule has 0 atom stereocenters. The van der Waals surface area contributed by atoms with Crippen LogP contribution in [0, 0.1) is 5.82 Å². The molecular weight excluding hydrogens is 253 g/mol. The normalized spacial score (nSPS) is 11.2. The Balaban J connectivity index is 2.28. The minimum atomic E-state index is -0.233. The number of rotatable bonds is 4. The van der Waals surface area contributed by atoms with Gasteiger partial charge in [0.05, 0.1) is 18.1 Å². The van der Waals surface area contributed by atoms with Gasteiger partial charge in [0.25, 0.3) is 0 Å². The van der Waals surface area contributed by atoms with E-state index in [0.29, 0.717) is 18.3 Å². The molecule has 0 aliphatic rings. The molecule has 18 heavy (non-hydrogen) atoms. The fourth-order valence-corrected chi connectivity index (χ4v) is 2.15. The van der Waals surface area contributed by atoms with E-state index >= 15 is 0 Å². The number of alkyl halides is 1. The molecule has 0 aliphatic heterocycles. The fraction of sp³-hybridized carbons (Fsp3) is 0.385. The van der Waals surface area contributed by atoms with Crippen LogP contribution in [0.2, 0.25) is 0 Å². The molecule has 0 radical (unpaired) electrons. The topological polar surface area (TPSA) is 30.7 Å². The highest BCUT2D eigenvalue weighted by Crippen LogP contribution is 2.20. The van der Waals surface area contributed by atoms with Gasteiger partial charge in [0.15, 0.2) is 0 Å². The van der Waals surface area contributed by atoms with Crippen LogP contribution in [-0.2, 0) is 12.4 Å². The predicted molar refractivity (Wildman–Crippen MR) is 69.2 cm³/mol. The van der Waals surface area contributed by atoms with Crippen LogP contribution in [0.5, 0.6) is 0 Å². The molecule has 5 heteroatoms. The van der Waals surface area contributed by atoms with Crippen LogP contribution in [0.25, 0.3) is 0 Å². The highest BCUT2D eigenvalue weighted by molar-refractivity contribution is 6.16. The van der Waals surface area contributed by atoms with Gasteiger partial charge in [-0.15, -0.1) is 16.7 Å². The number of aromatic nitrogens is 3. The van der Waals surface area contributed by atoms with E-state index in [1.54, 1.807) is 12.1 Å². The van der Waals surface area contributed by atoms with E-state index in [9.17, 15) is 4.39 Å². The monoisotopic (exact) mass is 267 g/mol. The van der Waals surface area contributed by atoms with Crippen LogP contribution < -0.4 is 0 Å². The summed E-state index contributed by atoms with van der Waals surface area (Å²) < 4.78 is 14.7. The van der Waals surface area contributed by atoms with Crippen molar-refractivity contribution in [3.8, 4) is 0 Å². The van der Waals surface area contributed by atoms with E-state index in [0.717, 1.165) is 17.0 Å². The molecule has 1 heterocycles. The second kappa shape index (κ2) is 5.48. The highest BCUT2D eigenvalue weighted by atomic mass is 35.5. The Kier molecular flexibility index (Phi) is 3.97. The first kappa shape index (κ1) is 13.0. The quantitative estimate of drug-likeness (QED) is 0.796. The smallest absolute Gasteiger partial charge is 0.123 e. The van der Waals surface area contributed by atoms with Crippen molar-refractivity contribution in [2.45, 2.75) is 32.2 Å². The molecule has 1 aromatic carbocycles. The van der Waals surface area contributed by atoms with Gasteiger partial charge < -0.3 is 0 Å². The third kappa shape index (κ3) is 2.70. The Morgan fingerprint density at radius 2 is 1.94 bits per heavy atom. The average Bonchev–Trinajstić information content (AvgIpc) is 2.75. The summed E-state index contributed by atoms with van der Waals surface area (Å²) in [6, 6.07) is 6.40. The zero-order valence-electron chi connectivity index (χ0n) is 10.4. The van der Waals surface area contributed by atoms with Crippen molar-refractivity contribution in [3.63, 3.8) is 0 Å². The van der Waals surface area contributed by atoms with Crippen molar-refractivity contribution >= 4 is 11.6 Å². The second-order valence-electron chi connectivity index (χ2n) is 4.49. The van der Waals surface area contributed by atoms with Crippen molar-refractivity contribution in [2.75, 3.05) is 0 Å². The van der Waals surface area contributed by atoms with Crippen LogP contribution in [0.1, 0.15) is 36.7 Å². The highest BCUT2D eigenvalue weighted by Gasteiger charge is 2.15. The fourth-order valence-electron chi connectivity index (χ4n) is 1.96. The maximum absolute atomic E-state index is 12.8. The maximum Gasteiger partial charge on any atom is 0.123 e. The van der Waals surface area contributed by atoms with Gasteiger partial charge in [0, 0.05) is 0 Å². The molecule has 0 saturated heterocycles. The average molecular weight is 268 g/mol. The standard InChI is InChI=1S/C13H15ClFN3/c1-9(2)13-12(7-14)16-17-18(13)8-10-3-5-11(15)6-4-10/h3-6,9H,7-8H2,1-2H3. The van der Waals surface area contributed by atoms with E-state index in [4.69, 9.17) is 11.6 Å². The predicted octanol–water partition coefficient (Wildman–Crippen LogP) is 3.33. The first-order valence-electron chi connectivity index (χ1n) is 5.84. The van der Waals surface area contributed by atoms with Crippen molar-refractivity contribution in [2.24, 2.45) is 0 Å². The first-order valence-corrected chi connectivity index (χ1v) is 6.38. The molecule has 3 nitrogen and oxygen atoms in total. The Morgan fingerprint density at radius 1 is 1.28 bits per heavy atom. The summed E-state index contributed by atoms with van der Waals surface area (Å²) in [6.45, 7) is 4.74. The molecule has 0 bridgehead atoms. The van der Waals surface area contributed by atoms with Crippen LogP contribution >= 0.6 is 11.6 Å². The van der Waals surface area contributed by atoms with Gasteiger partial charge in [-0.3, -0.25) is 0 Å². The molecule has 0 saturated carbocycles. The number of benzene rings is 1. The maximum atomic E-state index is 12.8. The van der Waals surface area contributed by atoms with E-state index < -0.39 is 0 Å². The van der Waals surface area contributed by atoms with Crippen molar-refractivity contribution in [1.82, 2.24) is 15.0 Å². The van der Waals surface area contributed by atoms with E-state index in [1.807, 2.05) is 4.68 Å². The van der Waals surface area contributed by atoms with Crippen LogP contribution in [0.3, 0.4) is 0 Å². The molecular formula is C13H15ClFN3. The third-order valence-electron chi connectivity index (χ3n) is 2.77. The SMILES string of the molecule is CC(C)c1c(CCl)nnn1Cc1ccc(F)cc1. The van der Waals surface area contributed by atoms with Gasteiger partial charge in [0.1, 0.15) is 11.5 Å². The molecule has 0 spiro atoms. The number of halogens is 2. The lowest BCUT2D eigenvalue weighted by molar-refractivity contribution is 0.594. The number of hydrogen-bond acceptors (Lipinski definition) is 2. The Morgan fingerprint density at radius 3 is 2.50 bits per heavy atom. The van der Waals surface area contributed by atoms with Gasteiger partial charge in [-0.05, 0) is 23.6 Å². The molecule has 0 fully saturated rings. The molecule has 2 aromatic rings. The summed E-state index contributed by atoms with van der Waals surface area (Å²) in [5.74, 6) is 0.425. The Bertz CT molecular complexity index is 520. The van der Waals surface area contributed by atoms with E-state index in [-0.39, 0.29) is 5.82 Å². The molecule has 1 aromatic heterocycles. The lowest BCUT2D eigenvalue weighted by atomic mass is 10.1. The minimum Gasteiger partial charge on any atom is -0.244 e. The lowest BCUT2D eigenvalue weighted by Crippen LogP contribution is -2.08. The summed E-state index contributed by atoms with van der Waals surface area (Å²) in [5.41, 5.74) is 2.84. The van der Waals surface area contributed by atoms with Crippen molar-refractivity contribution < 1.29 is 4.39 Å². The van der Waals surface area contributed by atoms with Crippen LogP contribution in [-0.4, -0.2) is 15.0 Å². The van der Waals surface area contributed by atoms with Gasteiger partial charge in [-0.1, -0.05) is 31.2 Å². The zero-order valence-corrected chi connectivity index (χ0v) is 11.2. The lowest BCUT2D eigenvalue weighted by Gasteiger charge is -2.10. The molecule has 0 aliphatic carbocycles.